The second-order valence-electron chi connectivity index (χ2n) is 4.66. The van der Waals surface area contributed by atoms with Crippen molar-refractivity contribution < 1.29 is 27.9 Å². The minimum absolute atomic E-state index is 0.0583. The molecule has 1 aliphatic rings. The highest BCUT2D eigenvalue weighted by Crippen LogP contribution is 2.25. The van der Waals surface area contributed by atoms with E-state index in [1.54, 1.807) is 0 Å². The molecule has 114 valence electrons. The van der Waals surface area contributed by atoms with E-state index in [1.807, 2.05) is 0 Å². The SMILES string of the molecule is O=C1Cc2cc(C(=O)N(CCO)CC(F)(F)F)ccc2N1. The smallest absolute Gasteiger partial charge is 0.395 e. The molecule has 0 bridgehead atoms. The molecule has 5 nitrogen and oxygen atoms in total. The summed E-state index contributed by atoms with van der Waals surface area (Å²) < 4.78 is 37.3. The molecule has 8 heteroatoms. The van der Waals surface area contributed by atoms with E-state index in [0.29, 0.717) is 16.2 Å². The van der Waals surface area contributed by atoms with Crippen molar-refractivity contribution in [1.29, 1.82) is 0 Å². The van der Waals surface area contributed by atoms with Gasteiger partial charge in [0.2, 0.25) is 5.91 Å². The summed E-state index contributed by atoms with van der Waals surface area (Å²) in [6.45, 7) is -2.40. The molecule has 1 aromatic rings. The summed E-state index contributed by atoms with van der Waals surface area (Å²) in [4.78, 5) is 23.9. The minimum atomic E-state index is -4.54. The molecule has 1 heterocycles. The van der Waals surface area contributed by atoms with Crippen molar-refractivity contribution in [1.82, 2.24) is 4.90 Å². The molecular formula is C13H13F3N2O3. The van der Waals surface area contributed by atoms with Crippen molar-refractivity contribution in [3.05, 3.63) is 29.3 Å². The van der Waals surface area contributed by atoms with Gasteiger partial charge in [0, 0.05) is 17.8 Å². The van der Waals surface area contributed by atoms with Crippen LogP contribution in [-0.4, -0.2) is 47.7 Å². The summed E-state index contributed by atoms with van der Waals surface area (Å²) in [5, 5.41) is 11.4. The van der Waals surface area contributed by atoms with Gasteiger partial charge in [0.25, 0.3) is 5.91 Å². The molecule has 2 N–H and O–H groups in total. The molecule has 1 aromatic carbocycles. The largest absolute Gasteiger partial charge is 0.406 e. The fraction of sp³-hybridized carbons (Fsp3) is 0.385. The minimum Gasteiger partial charge on any atom is -0.395 e. The van der Waals surface area contributed by atoms with Gasteiger partial charge < -0.3 is 15.3 Å². The maximum Gasteiger partial charge on any atom is 0.406 e. The topological polar surface area (TPSA) is 69.6 Å². The van der Waals surface area contributed by atoms with Gasteiger partial charge in [0.15, 0.2) is 0 Å². The average Bonchev–Trinajstić information content (AvgIpc) is 2.74. The molecule has 0 fully saturated rings. The molecule has 0 unspecified atom stereocenters. The van der Waals surface area contributed by atoms with Crippen LogP contribution in [0.25, 0.3) is 0 Å². The number of amides is 2. The Morgan fingerprint density at radius 3 is 2.71 bits per heavy atom. The van der Waals surface area contributed by atoms with Gasteiger partial charge in [-0.1, -0.05) is 0 Å². The van der Waals surface area contributed by atoms with Crippen LogP contribution in [0, 0.1) is 0 Å². The van der Waals surface area contributed by atoms with E-state index in [2.05, 4.69) is 5.32 Å². The number of aliphatic hydroxyl groups is 1. The lowest BCUT2D eigenvalue weighted by Gasteiger charge is -2.23. The summed E-state index contributed by atoms with van der Waals surface area (Å²) in [7, 11) is 0. The predicted molar refractivity (Wildman–Crippen MR) is 67.8 cm³/mol. The quantitative estimate of drug-likeness (QED) is 0.877. The Balaban J connectivity index is 2.21. The number of nitrogens with one attached hydrogen (secondary N) is 1. The van der Waals surface area contributed by atoms with E-state index in [4.69, 9.17) is 5.11 Å². The molecule has 2 rings (SSSR count). The first-order chi connectivity index (χ1) is 9.80. The second kappa shape index (κ2) is 5.72. The number of carbonyl (C=O) groups is 2. The maximum absolute atomic E-state index is 12.4. The normalized spacial score (nSPS) is 13.8. The zero-order chi connectivity index (χ0) is 15.6. The lowest BCUT2D eigenvalue weighted by Crippen LogP contribution is -2.40. The Kier molecular flexibility index (Phi) is 4.17. The van der Waals surface area contributed by atoms with Crippen molar-refractivity contribution >= 4 is 17.5 Å². The predicted octanol–water partition coefficient (Wildman–Crippen LogP) is 1.18. The highest BCUT2D eigenvalue weighted by molar-refractivity contribution is 6.01. The van der Waals surface area contributed by atoms with Crippen LogP contribution < -0.4 is 5.32 Å². The molecule has 21 heavy (non-hydrogen) atoms. The van der Waals surface area contributed by atoms with Gasteiger partial charge >= 0.3 is 6.18 Å². The van der Waals surface area contributed by atoms with Crippen LogP contribution in [0.4, 0.5) is 18.9 Å². The fourth-order valence-corrected chi connectivity index (χ4v) is 2.13. The number of carbonyl (C=O) groups excluding carboxylic acids is 2. The average molecular weight is 302 g/mol. The molecule has 0 aliphatic carbocycles. The Labute approximate surface area is 118 Å². The first-order valence-corrected chi connectivity index (χ1v) is 6.20. The Hall–Kier alpha value is -2.09. The standard InChI is InChI=1S/C13H13F3N2O3/c14-13(15,16)7-18(3-4-19)12(21)8-1-2-10-9(5-8)6-11(20)17-10/h1-2,5,19H,3-4,6-7H2,(H,17,20). The van der Waals surface area contributed by atoms with Crippen LogP contribution >= 0.6 is 0 Å². The van der Waals surface area contributed by atoms with Crippen LogP contribution in [0.3, 0.4) is 0 Å². The third-order valence-electron chi connectivity index (χ3n) is 3.00. The summed E-state index contributed by atoms with van der Waals surface area (Å²) in [5.74, 6) is -1.05. The van der Waals surface area contributed by atoms with E-state index >= 15 is 0 Å². The molecule has 0 saturated heterocycles. The second-order valence-corrected chi connectivity index (χ2v) is 4.66. The van der Waals surface area contributed by atoms with Gasteiger partial charge in [0.05, 0.1) is 13.0 Å². The van der Waals surface area contributed by atoms with Gasteiger partial charge in [-0.15, -0.1) is 0 Å². The number of benzene rings is 1. The summed E-state index contributed by atoms with van der Waals surface area (Å²) >= 11 is 0. The van der Waals surface area contributed by atoms with Crippen LogP contribution in [0.5, 0.6) is 0 Å². The third kappa shape index (κ3) is 3.72. The zero-order valence-electron chi connectivity index (χ0n) is 10.9. The maximum atomic E-state index is 12.4. The number of hydrogen-bond donors (Lipinski definition) is 2. The molecule has 0 saturated carbocycles. The number of alkyl halides is 3. The first-order valence-electron chi connectivity index (χ1n) is 6.20. The molecular weight excluding hydrogens is 289 g/mol. The lowest BCUT2D eigenvalue weighted by atomic mass is 10.1. The molecule has 2 amide bonds. The van der Waals surface area contributed by atoms with Gasteiger partial charge in [-0.25, -0.2) is 0 Å². The van der Waals surface area contributed by atoms with Crippen LogP contribution in [0.1, 0.15) is 15.9 Å². The first kappa shape index (κ1) is 15.3. The van der Waals surface area contributed by atoms with Crippen LogP contribution in [0.2, 0.25) is 0 Å². The van der Waals surface area contributed by atoms with Crippen molar-refractivity contribution in [2.75, 3.05) is 25.0 Å². The van der Waals surface area contributed by atoms with Crippen LogP contribution in [-0.2, 0) is 11.2 Å². The number of fused-ring (bicyclic) bond motifs is 1. The summed E-state index contributed by atoms with van der Waals surface area (Å²) in [6, 6.07) is 4.24. The van der Waals surface area contributed by atoms with Crippen molar-refractivity contribution in [3.8, 4) is 0 Å². The van der Waals surface area contributed by atoms with Crippen molar-refractivity contribution in [3.63, 3.8) is 0 Å². The Morgan fingerprint density at radius 1 is 1.38 bits per heavy atom. The van der Waals surface area contributed by atoms with Crippen molar-refractivity contribution in [2.24, 2.45) is 0 Å². The molecule has 1 aliphatic heterocycles. The number of nitrogens with zero attached hydrogens (tertiary/aromatic N) is 1. The van der Waals surface area contributed by atoms with Crippen LogP contribution in [0.15, 0.2) is 18.2 Å². The van der Waals surface area contributed by atoms with Gasteiger partial charge in [-0.05, 0) is 23.8 Å². The van der Waals surface area contributed by atoms with E-state index in [0.717, 1.165) is 0 Å². The van der Waals surface area contributed by atoms with Gasteiger partial charge in [-0.2, -0.15) is 13.2 Å². The van der Waals surface area contributed by atoms with E-state index in [1.165, 1.54) is 18.2 Å². The fourth-order valence-electron chi connectivity index (χ4n) is 2.13. The highest BCUT2D eigenvalue weighted by Gasteiger charge is 2.33. The number of aliphatic hydroxyl groups excluding tert-OH is 1. The Morgan fingerprint density at radius 2 is 2.10 bits per heavy atom. The van der Waals surface area contributed by atoms with E-state index < -0.39 is 31.8 Å². The van der Waals surface area contributed by atoms with E-state index in [-0.39, 0.29) is 17.9 Å². The number of anilines is 1. The monoisotopic (exact) mass is 302 g/mol. The number of halogens is 3. The molecule has 0 spiro atoms. The summed E-state index contributed by atoms with van der Waals surface area (Å²) in [5.41, 5.74) is 1.19. The lowest BCUT2D eigenvalue weighted by molar-refractivity contribution is -0.141. The van der Waals surface area contributed by atoms with Gasteiger partial charge in [-0.3, -0.25) is 9.59 Å². The molecule has 0 atom stereocenters. The third-order valence-corrected chi connectivity index (χ3v) is 3.00. The highest BCUT2D eigenvalue weighted by atomic mass is 19.4. The molecule has 0 radical (unpaired) electrons. The Bertz CT molecular complexity index is 572. The summed E-state index contributed by atoms with van der Waals surface area (Å²) in [6.07, 6.45) is -4.45. The van der Waals surface area contributed by atoms with Gasteiger partial charge in [0.1, 0.15) is 6.54 Å². The number of rotatable bonds is 4. The van der Waals surface area contributed by atoms with Crippen molar-refractivity contribution in [2.45, 2.75) is 12.6 Å². The zero-order valence-corrected chi connectivity index (χ0v) is 10.9. The molecule has 0 aromatic heterocycles. The number of hydrogen-bond acceptors (Lipinski definition) is 3. The van der Waals surface area contributed by atoms with E-state index in [9.17, 15) is 22.8 Å².